The van der Waals surface area contributed by atoms with Gasteiger partial charge in [-0.3, -0.25) is 9.59 Å². The molecule has 0 bridgehead atoms. The zero-order chi connectivity index (χ0) is 23.7. The second-order valence-corrected chi connectivity index (χ2v) is 8.35. The van der Waals surface area contributed by atoms with Gasteiger partial charge >= 0.3 is 6.01 Å². The van der Waals surface area contributed by atoms with Crippen LogP contribution in [0.25, 0.3) is 11.0 Å². The van der Waals surface area contributed by atoms with Crippen LogP contribution >= 0.6 is 0 Å². The summed E-state index contributed by atoms with van der Waals surface area (Å²) in [6, 6.07) is 13.5. The molecule has 172 valence electrons. The van der Waals surface area contributed by atoms with E-state index >= 15 is 0 Å². The van der Waals surface area contributed by atoms with Crippen molar-refractivity contribution in [1.82, 2.24) is 24.8 Å². The highest BCUT2D eigenvalue weighted by molar-refractivity contribution is 6.05. The number of carbonyl (C=O) groups is 2. The molecule has 5 rings (SSSR count). The molecule has 2 aromatic carbocycles. The molecule has 0 atom stereocenters. The van der Waals surface area contributed by atoms with E-state index in [1.165, 1.54) is 12.4 Å². The fraction of sp³-hybridized carbons (Fsp3) is 0.240. The van der Waals surface area contributed by atoms with Gasteiger partial charge < -0.3 is 19.9 Å². The Balaban J connectivity index is 1.23. The predicted molar refractivity (Wildman–Crippen MR) is 127 cm³/mol. The molecule has 0 aliphatic heterocycles. The second-order valence-electron chi connectivity index (χ2n) is 8.35. The van der Waals surface area contributed by atoms with E-state index in [4.69, 9.17) is 4.74 Å². The van der Waals surface area contributed by atoms with E-state index in [1.54, 1.807) is 12.1 Å². The summed E-state index contributed by atoms with van der Waals surface area (Å²) >= 11 is 0. The lowest BCUT2D eigenvalue weighted by molar-refractivity contribution is 0.0949. The molecule has 0 saturated heterocycles. The standard InChI is InChI=1S/C25H24N6O3/c1-15-7-8-16(23(32)28-18-9-10-18)11-20(15)30-24(33)17-12-26-25(27-13-17)34-14-22-29-19-5-3-4-6-21(19)31(22)2/h3-8,11-13,18H,9-10,14H2,1-2H3,(H,28,32)(H,30,33). The largest absolute Gasteiger partial charge is 0.455 e. The van der Waals surface area contributed by atoms with Gasteiger partial charge in [0.15, 0.2) is 0 Å². The van der Waals surface area contributed by atoms with Crippen LogP contribution in [0, 0.1) is 6.92 Å². The summed E-state index contributed by atoms with van der Waals surface area (Å²) < 4.78 is 7.63. The van der Waals surface area contributed by atoms with Crippen molar-refractivity contribution < 1.29 is 14.3 Å². The van der Waals surface area contributed by atoms with Crippen LogP contribution in [-0.4, -0.2) is 37.4 Å². The number of fused-ring (bicyclic) bond motifs is 1. The first kappa shape index (κ1) is 21.6. The Morgan fingerprint density at radius 3 is 2.56 bits per heavy atom. The summed E-state index contributed by atoms with van der Waals surface area (Å²) in [5.74, 6) is 0.237. The first-order valence-electron chi connectivity index (χ1n) is 11.1. The van der Waals surface area contributed by atoms with Gasteiger partial charge in [-0.25, -0.2) is 15.0 Å². The molecule has 0 unspecified atom stereocenters. The minimum atomic E-state index is -0.371. The molecule has 2 aromatic heterocycles. The average Bonchev–Trinajstić information content (AvgIpc) is 3.61. The number of hydrogen-bond donors (Lipinski definition) is 2. The van der Waals surface area contributed by atoms with Gasteiger partial charge in [-0.05, 0) is 49.6 Å². The number of ether oxygens (including phenoxy) is 1. The van der Waals surface area contributed by atoms with Gasteiger partial charge in [0, 0.05) is 36.7 Å². The normalized spacial score (nSPS) is 13.0. The molecule has 34 heavy (non-hydrogen) atoms. The van der Waals surface area contributed by atoms with E-state index in [1.807, 2.05) is 48.9 Å². The Bertz CT molecular complexity index is 1380. The summed E-state index contributed by atoms with van der Waals surface area (Å²) in [6.07, 6.45) is 4.84. The number of anilines is 1. The maximum atomic E-state index is 12.7. The molecule has 2 heterocycles. The number of hydrogen-bond acceptors (Lipinski definition) is 6. The van der Waals surface area contributed by atoms with E-state index in [0.717, 1.165) is 35.3 Å². The molecule has 1 fully saturated rings. The highest BCUT2D eigenvalue weighted by Gasteiger charge is 2.24. The zero-order valence-electron chi connectivity index (χ0n) is 18.9. The SMILES string of the molecule is Cc1ccc(C(=O)NC2CC2)cc1NC(=O)c1cnc(OCc2nc3ccccc3n2C)nc1. The molecule has 9 heteroatoms. The number of nitrogens with zero attached hydrogens (tertiary/aromatic N) is 4. The number of nitrogens with one attached hydrogen (secondary N) is 2. The van der Waals surface area contributed by atoms with Crippen molar-refractivity contribution in [2.24, 2.45) is 7.05 Å². The summed E-state index contributed by atoms with van der Waals surface area (Å²) in [5, 5.41) is 5.79. The van der Waals surface area contributed by atoms with Crippen molar-refractivity contribution in [3.05, 3.63) is 77.4 Å². The molecule has 0 spiro atoms. The molecule has 2 amide bonds. The number of carbonyl (C=O) groups excluding carboxylic acids is 2. The van der Waals surface area contributed by atoms with Crippen LogP contribution in [0.4, 0.5) is 5.69 Å². The van der Waals surface area contributed by atoms with Crippen molar-refractivity contribution in [3.8, 4) is 6.01 Å². The maximum Gasteiger partial charge on any atom is 0.316 e. The number of aryl methyl sites for hydroxylation is 2. The smallest absolute Gasteiger partial charge is 0.316 e. The lowest BCUT2D eigenvalue weighted by Gasteiger charge is -2.11. The molecule has 4 aromatic rings. The third kappa shape index (κ3) is 4.59. The predicted octanol–water partition coefficient (Wildman–Crippen LogP) is 3.40. The van der Waals surface area contributed by atoms with Crippen molar-refractivity contribution in [3.63, 3.8) is 0 Å². The van der Waals surface area contributed by atoms with Crippen molar-refractivity contribution in [2.75, 3.05) is 5.32 Å². The van der Waals surface area contributed by atoms with Crippen molar-refractivity contribution in [2.45, 2.75) is 32.4 Å². The van der Waals surface area contributed by atoms with Crippen LogP contribution in [0.15, 0.2) is 54.9 Å². The van der Waals surface area contributed by atoms with E-state index < -0.39 is 0 Å². The van der Waals surface area contributed by atoms with Gasteiger partial charge in [-0.2, -0.15) is 0 Å². The van der Waals surface area contributed by atoms with E-state index in [-0.39, 0.29) is 36.0 Å². The van der Waals surface area contributed by atoms with Gasteiger partial charge in [0.25, 0.3) is 11.8 Å². The highest BCUT2D eigenvalue weighted by Crippen LogP contribution is 2.22. The van der Waals surface area contributed by atoms with Crippen LogP contribution < -0.4 is 15.4 Å². The summed E-state index contributed by atoms with van der Waals surface area (Å²) in [6.45, 7) is 2.07. The first-order chi connectivity index (χ1) is 16.5. The molecule has 1 aliphatic carbocycles. The minimum absolute atomic E-state index is 0.136. The van der Waals surface area contributed by atoms with Crippen LogP contribution in [0.3, 0.4) is 0 Å². The Hall–Kier alpha value is -4.27. The molecule has 0 radical (unpaired) electrons. The second kappa shape index (κ2) is 8.93. The number of para-hydroxylation sites is 2. The van der Waals surface area contributed by atoms with Gasteiger partial charge in [-0.15, -0.1) is 0 Å². The number of rotatable bonds is 7. The average molecular weight is 457 g/mol. The lowest BCUT2D eigenvalue weighted by Crippen LogP contribution is -2.25. The molecule has 1 aliphatic rings. The third-order valence-electron chi connectivity index (χ3n) is 5.76. The van der Waals surface area contributed by atoms with Crippen LogP contribution in [-0.2, 0) is 13.7 Å². The molecule has 9 nitrogen and oxygen atoms in total. The molecule has 2 N–H and O–H groups in total. The summed E-state index contributed by atoms with van der Waals surface area (Å²) in [7, 11) is 1.93. The Morgan fingerprint density at radius 1 is 1.06 bits per heavy atom. The minimum Gasteiger partial charge on any atom is -0.455 e. The lowest BCUT2D eigenvalue weighted by atomic mass is 10.1. The van der Waals surface area contributed by atoms with Crippen molar-refractivity contribution in [1.29, 1.82) is 0 Å². The van der Waals surface area contributed by atoms with E-state index in [2.05, 4.69) is 25.6 Å². The van der Waals surface area contributed by atoms with Gasteiger partial charge in [-0.1, -0.05) is 18.2 Å². The van der Waals surface area contributed by atoms with E-state index in [9.17, 15) is 9.59 Å². The van der Waals surface area contributed by atoms with Crippen LogP contribution in [0.5, 0.6) is 6.01 Å². The zero-order valence-corrected chi connectivity index (χ0v) is 18.9. The summed E-state index contributed by atoms with van der Waals surface area (Å²) in [5.41, 5.74) is 4.10. The topological polar surface area (TPSA) is 111 Å². The highest BCUT2D eigenvalue weighted by atomic mass is 16.5. The Morgan fingerprint density at radius 2 is 1.82 bits per heavy atom. The van der Waals surface area contributed by atoms with Gasteiger partial charge in [0.2, 0.25) is 0 Å². The fourth-order valence-electron chi connectivity index (χ4n) is 3.55. The van der Waals surface area contributed by atoms with Crippen molar-refractivity contribution >= 4 is 28.5 Å². The Labute approximate surface area is 196 Å². The number of amides is 2. The number of aromatic nitrogens is 4. The molecule has 1 saturated carbocycles. The van der Waals surface area contributed by atoms with Crippen LogP contribution in [0.1, 0.15) is 44.9 Å². The maximum absolute atomic E-state index is 12.7. The van der Waals surface area contributed by atoms with Gasteiger partial charge in [0.1, 0.15) is 12.4 Å². The van der Waals surface area contributed by atoms with Crippen LogP contribution in [0.2, 0.25) is 0 Å². The monoisotopic (exact) mass is 456 g/mol. The van der Waals surface area contributed by atoms with E-state index in [0.29, 0.717) is 11.3 Å². The Kier molecular flexibility index (Phi) is 5.67. The first-order valence-corrected chi connectivity index (χ1v) is 11.1. The molecular formula is C25H24N6O3. The number of imidazole rings is 1. The quantitative estimate of drug-likeness (QED) is 0.441. The third-order valence-corrected chi connectivity index (χ3v) is 5.76. The number of benzene rings is 2. The fourth-order valence-corrected chi connectivity index (χ4v) is 3.55. The molecular weight excluding hydrogens is 432 g/mol. The van der Waals surface area contributed by atoms with Gasteiger partial charge in [0.05, 0.1) is 16.6 Å². The summed E-state index contributed by atoms with van der Waals surface area (Å²) in [4.78, 5) is 37.9.